The molecule has 0 aliphatic rings. The average molecular weight is 421 g/mol. The fraction of sp³-hybridized carbons (Fsp3) is 0.320. The van der Waals surface area contributed by atoms with Crippen LogP contribution in [0.25, 0.3) is 10.8 Å². The van der Waals surface area contributed by atoms with Crippen LogP contribution in [0.4, 0.5) is 0 Å². The first-order chi connectivity index (χ1) is 14.7. The number of carbonyl (C=O) groups excluding carboxylic acids is 3. The summed E-state index contributed by atoms with van der Waals surface area (Å²) in [5.74, 6) is -0.899. The number of rotatable bonds is 6. The number of fused-ring (bicyclic) bond motifs is 1. The van der Waals surface area contributed by atoms with Gasteiger partial charge in [-0.3, -0.25) is 9.59 Å². The Morgan fingerprint density at radius 2 is 1.71 bits per heavy atom. The Morgan fingerprint density at radius 3 is 2.39 bits per heavy atom. The topological polar surface area (TPSA) is 68.6 Å². The molecular weight excluding hydrogens is 392 g/mol. The molecule has 0 unspecified atom stereocenters. The molecule has 3 aromatic rings. The molecule has 162 valence electrons. The summed E-state index contributed by atoms with van der Waals surface area (Å²) in [6, 6.07) is 12.5. The normalized spacial score (nSPS) is 11.9. The number of esters is 1. The van der Waals surface area contributed by atoms with Crippen LogP contribution in [0.1, 0.15) is 56.3 Å². The maximum atomic E-state index is 13.4. The second kappa shape index (κ2) is 8.76. The van der Waals surface area contributed by atoms with E-state index < -0.39 is 12.0 Å². The lowest BCUT2D eigenvalue weighted by molar-refractivity contribution is 0.0514. The van der Waals surface area contributed by atoms with E-state index in [0.717, 1.165) is 10.8 Å². The Hall–Kier alpha value is -3.41. The number of likely N-dealkylation sites (N-methyl/N-ethyl adjacent to an activating group) is 1. The van der Waals surface area contributed by atoms with E-state index in [2.05, 4.69) is 0 Å². The van der Waals surface area contributed by atoms with E-state index in [1.165, 1.54) is 4.90 Å². The predicted molar refractivity (Wildman–Crippen MR) is 121 cm³/mol. The van der Waals surface area contributed by atoms with Crippen molar-refractivity contribution in [1.82, 2.24) is 9.47 Å². The monoisotopic (exact) mass is 420 g/mol. The summed E-state index contributed by atoms with van der Waals surface area (Å²) in [4.78, 5) is 40.5. The van der Waals surface area contributed by atoms with E-state index in [4.69, 9.17) is 4.74 Å². The number of benzene rings is 2. The smallest absolute Gasteiger partial charge is 0.355 e. The van der Waals surface area contributed by atoms with Crippen molar-refractivity contribution in [3.8, 4) is 0 Å². The van der Waals surface area contributed by atoms with Gasteiger partial charge in [0.15, 0.2) is 5.78 Å². The second-order valence-electron chi connectivity index (χ2n) is 7.70. The van der Waals surface area contributed by atoms with Crippen LogP contribution in [0.5, 0.6) is 0 Å². The van der Waals surface area contributed by atoms with E-state index in [1.807, 2.05) is 36.4 Å². The van der Waals surface area contributed by atoms with Gasteiger partial charge in [-0.15, -0.1) is 0 Å². The van der Waals surface area contributed by atoms with E-state index in [1.54, 1.807) is 52.4 Å². The predicted octanol–water partition coefficient (Wildman–Crippen LogP) is 4.32. The van der Waals surface area contributed by atoms with E-state index >= 15 is 0 Å². The number of carbonyl (C=O) groups is 3. The van der Waals surface area contributed by atoms with Crippen molar-refractivity contribution in [3.63, 3.8) is 0 Å². The largest absolute Gasteiger partial charge is 0.461 e. The van der Waals surface area contributed by atoms with Gasteiger partial charge in [0.05, 0.1) is 12.6 Å². The van der Waals surface area contributed by atoms with Gasteiger partial charge in [-0.25, -0.2) is 4.79 Å². The van der Waals surface area contributed by atoms with Gasteiger partial charge in [-0.1, -0.05) is 36.4 Å². The molecular formula is C25H28N2O4. The molecule has 0 bridgehead atoms. The molecule has 0 spiro atoms. The zero-order chi connectivity index (χ0) is 22.9. The summed E-state index contributed by atoms with van der Waals surface area (Å²) in [5.41, 5.74) is 2.60. The van der Waals surface area contributed by atoms with Crippen LogP contribution < -0.4 is 0 Å². The highest BCUT2D eigenvalue weighted by atomic mass is 16.5. The number of nitrogens with zero attached hydrogens (tertiary/aromatic N) is 2. The Kier molecular flexibility index (Phi) is 6.29. The molecule has 3 rings (SSSR count). The van der Waals surface area contributed by atoms with Gasteiger partial charge in [0.2, 0.25) is 0 Å². The molecule has 0 saturated heterocycles. The first kappa shape index (κ1) is 22.3. The zero-order valence-corrected chi connectivity index (χ0v) is 18.9. The highest BCUT2D eigenvalue weighted by molar-refractivity contribution is 6.11. The Labute approximate surface area is 182 Å². The SMILES string of the molecule is CCOC(=O)c1c(C)c(C(=O)[C@@H](C)N(C)C(=O)c2cccc3ccccc23)c(C)n1C. The van der Waals surface area contributed by atoms with Crippen LogP contribution in [-0.2, 0) is 11.8 Å². The third-order valence-corrected chi connectivity index (χ3v) is 5.95. The summed E-state index contributed by atoms with van der Waals surface area (Å²) in [6.45, 7) is 7.24. The van der Waals surface area contributed by atoms with Crippen molar-refractivity contribution >= 4 is 28.4 Å². The molecule has 6 nitrogen and oxygen atoms in total. The number of aromatic nitrogens is 1. The molecule has 0 N–H and O–H groups in total. The summed E-state index contributed by atoms with van der Waals surface area (Å²) in [7, 11) is 3.37. The van der Waals surface area contributed by atoms with Gasteiger partial charge in [0, 0.05) is 30.9 Å². The molecule has 1 amide bonds. The molecule has 0 fully saturated rings. The van der Waals surface area contributed by atoms with Gasteiger partial charge >= 0.3 is 5.97 Å². The van der Waals surface area contributed by atoms with Crippen LogP contribution in [0.3, 0.4) is 0 Å². The Bertz CT molecular complexity index is 1170. The maximum absolute atomic E-state index is 13.4. The molecule has 1 heterocycles. The summed E-state index contributed by atoms with van der Waals surface area (Å²) >= 11 is 0. The van der Waals surface area contributed by atoms with Gasteiger partial charge in [-0.05, 0) is 50.1 Å². The number of Topliss-reactive ketones (excluding diaryl/α,β-unsaturated/α-hetero) is 1. The van der Waals surface area contributed by atoms with Crippen molar-refractivity contribution < 1.29 is 19.1 Å². The van der Waals surface area contributed by atoms with Gasteiger partial charge in [0.1, 0.15) is 5.69 Å². The zero-order valence-electron chi connectivity index (χ0n) is 18.9. The first-order valence-corrected chi connectivity index (χ1v) is 10.3. The first-order valence-electron chi connectivity index (χ1n) is 10.3. The van der Waals surface area contributed by atoms with Crippen molar-refractivity contribution in [3.05, 3.63) is 70.5 Å². The minimum atomic E-state index is -0.707. The lowest BCUT2D eigenvalue weighted by Crippen LogP contribution is -2.40. The van der Waals surface area contributed by atoms with Crippen molar-refractivity contribution in [2.45, 2.75) is 33.7 Å². The standard InChI is InChI=1S/C25H28N2O4/c1-7-31-25(30)22-15(2)21(16(3)26(22)5)23(28)17(4)27(6)24(29)20-14-10-12-18-11-8-9-13-19(18)20/h8-14,17H,7H2,1-6H3/t17-/m1/s1. The van der Waals surface area contributed by atoms with Gasteiger partial charge in [0.25, 0.3) is 5.91 Å². The van der Waals surface area contributed by atoms with Gasteiger partial charge in [-0.2, -0.15) is 0 Å². The summed E-state index contributed by atoms with van der Waals surface area (Å²) in [6.07, 6.45) is 0. The summed E-state index contributed by atoms with van der Waals surface area (Å²) in [5, 5.41) is 1.81. The molecule has 0 saturated carbocycles. The summed E-state index contributed by atoms with van der Waals surface area (Å²) < 4.78 is 6.83. The third-order valence-electron chi connectivity index (χ3n) is 5.95. The number of ketones is 1. The maximum Gasteiger partial charge on any atom is 0.355 e. The lowest BCUT2D eigenvalue weighted by atomic mass is 9.98. The Morgan fingerprint density at radius 1 is 1.06 bits per heavy atom. The molecule has 0 aliphatic carbocycles. The van der Waals surface area contributed by atoms with Crippen LogP contribution in [0, 0.1) is 13.8 Å². The highest BCUT2D eigenvalue weighted by Gasteiger charge is 2.31. The van der Waals surface area contributed by atoms with Crippen LogP contribution in [0.15, 0.2) is 42.5 Å². The highest BCUT2D eigenvalue weighted by Crippen LogP contribution is 2.26. The third kappa shape index (κ3) is 3.85. The average Bonchev–Trinajstić information content (AvgIpc) is 2.99. The number of hydrogen-bond donors (Lipinski definition) is 0. The van der Waals surface area contributed by atoms with Crippen LogP contribution in [0.2, 0.25) is 0 Å². The fourth-order valence-corrected chi connectivity index (χ4v) is 3.99. The van der Waals surface area contributed by atoms with Crippen molar-refractivity contribution in [2.75, 3.05) is 13.7 Å². The molecule has 1 atom stereocenters. The van der Waals surface area contributed by atoms with E-state index in [-0.39, 0.29) is 18.3 Å². The van der Waals surface area contributed by atoms with Crippen molar-refractivity contribution in [2.24, 2.45) is 7.05 Å². The molecule has 1 aromatic heterocycles. The number of ether oxygens (including phenoxy) is 1. The quantitative estimate of drug-likeness (QED) is 0.440. The fourth-order valence-electron chi connectivity index (χ4n) is 3.99. The van der Waals surface area contributed by atoms with Crippen LogP contribution in [-0.4, -0.2) is 46.8 Å². The molecule has 6 heteroatoms. The van der Waals surface area contributed by atoms with Gasteiger partial charge < -0.3 is 14.2 Å². The number of hydrogen-bond acceptors (Lipinski definition) is 4. The van der Waals surface area contributed by atoms with Crippen LogP contribution >= 0.6 is 0 Å². The minimum Gasteiger partial charge on any atom is -0.461 e. The second-order valence-corrected chi connectivity index (χ2v) is 7.70. The van der Waals surface area contributed by atoms with E-state index in [0.29, 0.717) is 28.1 Å². The van der Waals surface area contributed by atoms with Crippen molar-refractivity contribution in [1.29, 1.82) is 0 Å². The van der Waals surface area contributed by atoms with E-state index in [9.17, 15) is 14.4 Å². The molecule has 0 aliphatic heterocycles. The molecule has 31 heavy (non-hydrogen) atoms. The lowest BCUT2D eigenvalue weighted by Gasteiger charge is -2.25. The Balaban J connectivity index is 1.95. The number of amides is 1. The molecule has 2 aromatic carbocycles. The molecule has 0 radical (unpaired) electrons. The minimum absolute atomic E-state index is 0.211.